The number of fused-ring (bicyclic) bond motifs is 1. The molecule has 10 nitrogen and oxygen atoms in total. The van der Waals surface area contributed by atoms with Gasteiger partial charge in [-0.1, -0.05) is 17.7 Å². The van der Waals surface area contributed by atoms with Crippen molar-refractivity contribution < 1.29 is 4.79 Å². The Kier molecular flexibility index (Phi) is 4.83. The highest BCUT2D eigenvalue weighted by atomic mass is 35.5. The number of carbonyl (C=O) groups excluding carboxylic acids is 1. The smallest absolute Gasteiger partial charge is 0.274 e. The Balaban J connectivity index is 1.37. The van der Waals surface area contributed by atoms with E-state index in [1.54, 1.807) is 21.8 Å². The largest absolute Gasteiger partial charge is 0.352 e. The van der Waals surface area contributed by atoms with Gasteiger partial charge in [0.1, 0.15) is 17.8 Å². The van der Waals surface area contributed by atoms with E-state index in [9.17, 15) is 9.59 Å². The van der Waals surface area contributed by atoms with Gasteiger partial charge in [0.25, 0.3) is 11.5 Å². The van der Waals surface area contributed by atoms with Gasteiger partial charge in [-0.25, -0.2) is 19.7 Å². The highest BCUT2D eigenvalue weighted by molar-refractivity contribution is 6.30. The number of rotatable bonds is 3. The van der Waals surface area contributed by atoms with E-state index < -0.39 is 0 Å². The van der Waals surface area contributed by atoms with Crippen LogP contribution in [0.25, 0.3) is 16.7 Å². The number of anilines is 1. The Labute approximate surface area is 181 Å². The summed E-state index contributed by atoms with van der Waals surface area (Å²) in [6.07, 6.45) is 3.26. The number of amides is 1. The minimum Gasteiger partial charge on any atom is -0.352 e. The molecule has 1 aliphatic heterocycles. The Bertz CT molecular complexity index is 1310. The van der Waals surface area contributed by atoms with E-state index >= 15 is 0 Å². The third kappa shape index (κ3) is 3.61. The topological polar surface area (TPSA) is 113 Å². The van der Waals surface area contributed by atoms with Crippen molar-refractivity contribution in [2.45, 2.75) is 0 Å². The molecule has 1 aromatic carbocycles. The maximum atomic E-state index is 12.6. The van der Waals surface area contributed by atoms with Gasteiger partial charge in [-0.2, -0.15) is 10.2 Å². The van der Waals surface area contributed by atoms with Crippen molar-refractivity contribution in [3.8, 4) is 5.69 Å². The molecule has 156 valence electrons. The summed E-state index contributed by atoms with van der Waals surface area (Å²) in [5.74, 6) is 0.560. The van der Waals surface area contributed by atoms with Crippen LogP contribution in [0.4, 0.5) is 5.82 Å². The number of hydrogen-bond acceptors (Lipinski definition) is 7. The quantitative estimate of drug-likeness (QED) is 0.518. The summed E-state index contributed by atoms with van der Waals surface area (Å²) in [7, 11) is 0. The summed E-state index contributed by atoms with van der Waals surface area (Å²) in [5, 5.41) is 12.0. The number of halogens is 1. The van der Waals surface area contributed by atoms with Crippen LogP contribution in [-0.2, 0) is 0 Å². The van der Waals surface area contributed by atoms with Crippen molar-refractivity contribution in [3.05, 3.63) is 70.0 Å². The number of carbonyl (C=O) groups is 1. The van der Waals surface area contributed by atoms with Gasteiger partial charge in [0.15, 0.2) is 5.65 Å². The first-order valence-corrected chi connectivity index (χ1v) is 10.0. The van der Waals surface area contributed by atoms with Crippen LogP contribution < -0.4 is 10.5 Å². The van der Waals surface area contributed by atoms with Gasteiger partial charge in [0.2, 0.25) is 0 Å². The molecule has 31 heavy (non-hydrogen) atoms. The first-order valence-electron chi connectivity index (χ1n) is 9.65. The second-order valence-corrected chi connectivity index (χ2v) is 7.49. The number of nitrogens with one attached hydrogen (secondary N) is 1. The average molecular weight is 437 g/mol. The third-order valence-electron chi connectivity index (χ3n) is 5.16. The highest BCUT2D eigenvalue weighted by Crippen LogP contribution is 2.26. The highest BCUT2D eigenvalue weighted by Gasteiger charge is 2.25. The van der Waals surface area contributed by atoms with E-state index in [1.165, 1.54) is 18.5 Å². The molecule has 3 aromatic heterocycles. The van der Waals surface area contributed by atoms with Gasteiger partial charge in [-0.05, 0) is 24.3 Å². The lowest BCUT2D eigenvalue weighted by Gasteiger charge is -2.35. The van der Waals surface area contributed by atoms with Crippen LogP contribution in [0.2, 0.25) is 5.02 Å². The lowest BCUT2D eigenvalue weighted by molar-refractivity contribution is 0.0739. The molecule has 5 rings (SSSR count). The maximum Gasteiger partial charge on any atom is 0.274 e. The number of benzene rings is 1. The summed E-state index contributed by atoms with van der Waals surface area (Å²) >= 11 is 6.12. The number of aromatic amines is 1. The molecule has 0 saturated carbocycles. The Morgan fingerprint density at radius 3 is 2.65 bits per heavy atom. The number of piperazine rings is 1. The first-order chi connectivity index (χ1) is 15.1. The average Bonchev–Trinajstić information content (AvgIpc) is 3.24. The summed E-state index contributed by atoms with van der Waals surface area (Å²) < 4.78 is 1.73. The van der Waals surface area contributed by atoms with Crippen LogP contribution in [0.3, 0.4) is 0 Å². The molecule has 0 spiro atoms. The van der Waals surface area contributed by atoms with E-state index in [0.717, 1.165) is 16.9 Å². The Hall–Kier alpha value is -3.79. The molecule has 0 radical (unpaired) electrons. The molecule has 0 unspecified atom stereocenters. The summed E-state index contributed by atoms with van der Waals surface area (Å²) in [6.45, 7) is 2.22. The normalized spacial score (nSPS) is 14.2. The molecule has 4 aromatic rings. The zero-order valence-electron chi connectivity index (χ0n) is 16.3. The van der Waals surface area contributed by atoms with Crippen molar-refractivity contribution in [1.29, 1.82) is 0 Å². The fraction of sp³-hybridized carbons (Fsp3) is 0.200. The van der Waals surface area contributed by atoms with E-state index in [4.69, 9.17) is 11.6 Å². The van der Waals surface area contributed by atoms with Crippen LogP contribution in [0.1, 0.15) is 10.5 Å². The van der Waals surface area contributed by atoms with Crippen molar-refractivity contribution >= 4 is 34.4 Å². The molecule has 1 fully saturated rings. The molecule has 11 heteroatoms. The third-order valence-corrected chi connectivity index (χ3v) is 5.40. The van der Waals surface area contributed by atoms with E-state index in [2.05, 4.69) is 30.2 Å². The maximum absolute atomic E-state index is 12.6. The predicted molar refractivity (Wildman–Crippen MR) is 115 cm³/mol. The minimum absolute atomic E-state index is 0.211. The van der Waals surface area contributed by atoms with Gasteiger partial charge in [0, 0.05) is 37.3 Å². The summed E-state index contributed by atoms with van der Waals surface area (Å²) in [5.41, 5.74) is 1.38. The number of H-pyrrole nitrogens is 1. The lowest BCUT2D eigenvalue weighted by Crippen LogP contribution is -2.49. The van der Waals surface area contributed by atoms with E-state index in [-0.39, 0.29) is 17.2 Å². The van der Waals surface area contributed by atoms with E-state index in [0.29, 0.717) is 36.8 Å². The summed E-state index contributed by atoms with van der Waals surface area (Å²) in [6, 6.07) is 10.1. The second-order valence-electron chi connectivity index (χ2n) is 7.06. The molecule has 4 heterocycles. The van der Waals surface area contributed by atoms with Crippen LogP contribution in [0.15, 0.2) is 53.7 Å². The fourth-order valence-electron chi connectivity index (χ4n) is 3.63. The predicted octanol–water partition coefficient (Wildman–Crippen LogP) is 1.51. The second kappa shape index (κ2) is 7.80. The van der Waals surface area contributed by atoms with Crippen molar-refractivity contribution in [2.75, 3.05) is 31.1 Å². The molecule has 1 saturated heterocycles. The van der Waals surface area contributed by atoms with Crippen molar-refractivity contribution in [2.24, 2.45) is 0 Å². The zero-order chi connectivity index (χ0) is 21.4. The van der Waals surface area contributed by atoms with Crippen LogP contribution in [0, 0.1) is 0 Å². The van der Waals surface area contributed by atoms with Gasteiger partial charge >= 0.3 is 0 Å². The molecule has 0 atom stereocenters. The molecular weight excluding hydrogens is 420 g/mol. The number of aromatic nitrogens is 6. The van der Waals surface area contributed by atoms with Crippen LogP contribution >= 0.6 is 11.6 Å². The number of hydrogen-bond donors (Lipinski definition) is 1. The van der Waals surface area contributed by atoms with Crippen LogP contribution in [-0.4, -0.2) is 66.9 Å². The summed E-state index contributed by atoms with van der Waals surface area (Å²) in [4.78, 5) is 36.5. The molecule has 1 aliphatic rings. The van der Waals surface area contributed by atoms with Gasteiger partial charge in [-0.15, -0.1) is 0 Å². The van der Waals surface area contributed by atoms with Gasteiger partial charge in [0.05, 0.1) is 17.3 Å². The Morgan fingerprint density at radius 1 is 1.06 bits per heavy atom. The minimum atomic E-state index is -0.340. The standard InChI is InChI=1S/C20H17ClN8O2/c21-13-2-1-3-14(10-13)29-19-15(11-24-29)18(22-12-23-19)27-6-8-28(9-7-27)20(31)16-4-5-17(30)26-25-16/h1-5,10-12H,6-9H2,(H,26,30). The lowest BCUT2D eigenvalue weighted by atomic mass is 10.2. The monoisotopic (exact) mass is 436 g/mol. The molecule has 1 N–H and O–H groups in total. The van der Waals surface area contributed by atoms with Gasteiger partial charge in [-0.3, -0.25) is 9.59 Å². The van der Waals surface area contributed by atoms with Crippen molar-refractivity contribution in [1.82, 2.24) is 34.8 Å². The van der Waals surface area contributed by atoms with Gasteiger partial charge < -0.3 is 9.80 Å². The number of nitrogens with zero attached hydrogens (tertiary/aromatic N) is 7. The molecule has 1 amide bonds. The molecule has 0 bridgehead atoms. The Morgan fingerprint density at radius 2 is 1.90 bits per heavy atom. The SMILES string of the molecule is O=C(c1ccc(=O)[nH]n1)N1CCN(c2ncnc3c2cnn3-c2cccc(Cl)c2)CC1. The first kappa shape index (κ1) is 19.2. The van der Waals surface area contributed by atoms with Crippen LogP contribution in [0.5, 0.6) is 0 Å². The van der Waals surface area contributed by atoms with E-state index in [1.807, 2.05) is 18.2 Å². The van der Waals surface area contributed by atoms with Crippen molar-refractivity contribution in [3.63, 3.8) is 0 Å². The zero-order valence-corrected chi connectivity index (χ0v) is 17.0. The molecule has 0 aliphatic carbocycles. The fourth-order valence-corrected chi connectivity index (χ4v) is 3.81. The molecular formula is C20H17ClN8O2.